The van der Waals surface area contributed by atoms with Crippen LogP contribution in [0.25, 0.3) is 0 Å². The number of aliphatic hydroxyl groups excluding tert-OH is 1. The highest BCUT2D eigenvalue weighted by atomic mass is 16.6. The molecule has 5 heteroatoms. The van der Waals surface area contributed by atoms with Gasteiger partial charge < -0.3 is 19.3 Å². The van der Waals surface area contributed by atoms with Crippen LogP contribution in [0.2, 0.25) is 0 Å². The molecule has 2 aliphatic heterocycles. The lowest BCUT2D eigenvalue weighted by Gasteiger charge is -2.53. The quantitative estimate of drug-likeness (QED) is 0.905. The molecule has 0 saturated carbocycles. The molecule has 1 aromatic rings. The molecule has 1 N–H and O–H groups in total. The fourth-order valence-corrected chi connectivity index (χ4v) is 5.40. The molecule has 5 rings (SSSR count). The van der Waals surface area contributed by atoms with Crippen LogP contribution in [-0.4, -0.2) is 56.1 Å². The molecule has 0 aromatic heterocycles. The molecule has 5 nitrogen and oxygen atoms in total. The van der Waals surface area contributed by atoms with Gasteiger partial charge in [-0.15, -0.1) is 0 Å². The van der Waals surface area contributed by atoms with Gasteiger partial charge in [0.1, 0.15) is 5.76 Å². The number of benzene rings is 1. The minimum absolute atomic E-state index is 0.123. The monoisotopic (exact) mass is 341 g/mol. The highest BCUT2D eigenvalue weighted by Gasteiger charge is 2.62. The van der Waals surface area contributed by atoms with E-state index in [4.69, 9.17) is 14.2 Å². The molecular weight excluding hydrogens is 318 g/mol. The maximum atomic E-state index is 9.48. The van der Waals surface area contributed by atoms with Gasteiger partial charge in [0.25, 0.3) is 0 Å². The molecule has 1 aromatic carbocycles. The van der Waals surface area contributed by atoms with Gasteiger partial charge in [-0.05, 0) is 36.1 Å². The number of nitrogens with zero attached hydrogens (tertiary/aromatic N) is 1. The van der Waals surface area contributed by atoms with Crippen molar-refractivity contribution in [3.05, 3.63) is 46.7 Å². The lowest BCUT2D eigenvalue weighted by atomic mass is 9.57. The van der Waals surface area contributed by atoms with E-state index in [2.05, 4.69) is 23.1 Å². The first-order valence-electron chi connectivity index (χ1n) is 8.92. The minimum Gasteiger partial charge on any atom is -0.497 e. The van der Waals surface area contributed by atoms with Gasteiger partial charge in [0.2, 0.25) is 0 Å². The predicted molar refractivity (Wildman–Crippen MR) is 93.0 cm³/mol. The van der Waals surface area contributed by atoms with E-state index in [0.717, 1.165) is 36.6 Å². The summed E-state index contributed by atoms with van der Waals surface area (Å²) < 4.78 is 17.7. The third-order valence-electron chi connectivity index (χ3n) is 6.39. The van der Waals surface area contributed by atoms with Crippen LogP contribution in [0.1, 0.15) is 17.5 Å². The molecule has 2 heterocycles. The van der Waals surface area contributed by atoms with E-state index in [1.54, 1.807) is 14.2 Å². The first-order valence-corrected chi connectivity index (χ1v) is 8.92. The van der Waals surface area contributed by atoms with Gasteiger partial charge in [-0.3, -0.25) is 4.90 Å². The predicted octanol–water partition coefficient (Wildman–Crippen LogP) is 1.79. The summed E-state index contributed by atoms with van der Waals surface area (Å²) in [6.45, 7) is 1.86. The summed E-state index contributed by atoms with van der Waals surface area (Å²) in [5.74, 6) is 2.56. The number of likely N-dealkylation sites (tertiary alicyclic amines) is 1. The molecule has 3 atom stereocenters. The van der Waals surface area contributed by atoms with E-state index in [-0.39, 0.29) is 18.1 Å². The summed E-state index contributed by atoms with van der Waals surface area (Å²) in [6.07, 6.45) is 6.07. The molecule has 1 saturated heterocycles. The second kappa shape index (κ2) is 5.26. The van der Waals surface area contributed by atoms with Crippen molar-refractivity contribution in [2.24, 2.45) is 0 Å². The maximum Gasteiger partial charge on any atom is 0.169 e. The molecular formula is C20H23NO4. The number of β-amino-alcohol motifs (C(OH)–C–C–N with tert-alkyl or cyclic N) is 1. The normalized spacial score (nSPS) is 31.6. The van der Waals surface area contributed by atoms with Crippen molar-refractivity contribution >= 4 is 0 Å². The molecule has 0 radical (unpaired) electrons. The lowest BCUT2D eigenvalue weighted by Crippen LogP contribution is -2.59. The Labute approximate surface area is 147 Å². The number of rotatable bonds is 4. The fourth-order valence-electron chi connectivity index (χ4n) is 5.40. The highest BCUT2D eigenvalue weighted by molar-refractivity contribution is 5.67. The summed E-state index contributed by atoms with van der Waals surface area (Å²) in [5, 5.41) is 9.48. The van der Waals surface area contributed by atoms with E-state index >= 15 is 0 Å². The summed E-state index contributed by atoms with van der Waals surface area (Å²) in [5.41, 5.74) is 3.87. The smallest absolute Gasteiger partial charge is 0.169 e. The number of ether oxygens (including phenoxy) is 3. The fraction of sp³-hybridized carbons (Fsp3) is 0.500. The van der Waals surface area contributed by atoms with Crippen molar-refractivity contribution in [3.8, 4) is 11.5 Å². The second-order valence-corrected chi connectivity index (χ2v) is 7.22. The van der Waals surface area contributed by atoms with Crippen LogP contribution < -0.4 is 9.47 Å². The Morgan fingerprint density at radius 3 is 2.92 bits per heavy atom. The molecule has 132 valence electrons. The Bertz CT molecular complexity index is 799. The number of aliphatic hydroxyl groups is 1. The third kappa shape index (κ3) is 1.75. The van der Waals surface area contributed by atoms with Crippen molar-refractivity contribution in [1.29, 1.82) is 0 Å². The minimum atomic E-state index is -0.159. The summed E-state index contributed by atoms with van der Waals surface area (Å²) >= 11 is 0. The number of hydrogen-bond donors (Lipinski definition) is 1. The van der Waals surface area contributed by atoms with Gasteiger partial charge in [-0.25, -0.2) is 0 Å². The molecule has 4 aliphatic rings. The molecule has 25 heavy (non-hydrogen) atoms. The standard InChI is InChI=1S/C20H23NO4/c1-23-15-5-3-12-11-14-13-4-6-16(24-2)19-20(13,17(12)18(15)25-19)7-8-21(14)9-10-22/h3-6,14,19,22H,7-11H2,1-2H3/t14-,19+,20+/m1/s1. The largest absolute Gasteiger partial charge is 0.497 e. The number of allylic oxidation sites excluding steroid dienone is 2. The van der Waals surface area contributed by atoms with E-state index in [1.807, 2.05) is 6.07 Å². The average Bonchev–Trinajstić information content (AvgIpc) is 2.98. The first kappa shape index (κ1) is 15.3. The van der Waals surface area contributed by atoms with Gasteiger partial charge in [-0.2, -0.15) is 0 Å². The van der Waals surface area contributed by atoms with Crippen molar-refractivity contribution in [3.63, 3.8) is 0 Å². The zero-order chi connectivity index (χ0) is 17.2. The summed E-state index contributed by atoms with van der Waals surface area (Å²) in [6, 6.07) is 4.51. The highest BCUT2D eigenvalue weighted by Crippen LogP contribution is 2.62. The molecule has 1 fully saturated rings. The SMILES string of the molecule is COC1=CC=C2[C@H]3Cc4ccc(OC)c5c4[C@@]2(CCN3CCO)[C@H]1O5. The second-order valence-electron chi connectivity index (χ2n) is 7.22. The molecule has 0 amide bonds. The zero-order valence-corrected chi connectivity index (χ0v) is 14.6. The van der Waals surface area contributed by atoms with E-state index in [0.29, 0.717) is 12.6 Å². The Balaban J connectivity index is 1.76. The Hall–Kier alpha value is -1.98. The zero-order valence-electron chi connectivity index (χ0n) is 14.6. The van der Waals surface area contributed by atoms with Crippen LogP contribution >= 0.6 is 0 Å². The molecule has 2 aliphatic carbocycles. The first-order chi connectivity index (χ1) is 12.2. The average molecular weight is 341 g/mol. The summed E-state index contributed by atoms with van der Waals surface area (Å²) in [4.78, 5) is 2.41. The van der Waals surface area contributed by atoms with Crippen molar-refractivity contribution < 1.29 is 19.3 Å². The van der Waals surface area contributed by atoms with Gasteiger partial charge in [0.15, 0.2) is 17.6 Å². The van der Waals surface area contributed by atoms with Crippen LogP contribution in [0, 0.1) is 0 Å². The van der Waals surface area contributed by atoms with Crippen LogP contribution in [-0.2, 0) is 16.6 Å². The lowest BCUT2D eigenvalue weighted by molar-refractivity contribution is 0.0570. The molecule has 1 spiro atoms. The van der Waals surface area contributed by atoms with Gasteiger partial charge in [0.05, 0.1) is 26.2 Å². The topological polar surface area (TPSA) is 51.2 Å². The summed E-state index contributed by atoms with van der Waals surface area (Å²) in [7, 11) is 3.41. The number of piperidine rings is 1. The van der Waals surface area contributed by atoms with Crippen LogP contribution in [0.4, 0.5) is 0 Å². The van der Waals surface area contributed by atoms with Crippen LogP contribution in [0.3, 0.4) is 0 Å². The van der Waals surface area contributed by atoms with Crippen molar-refractivity contribution in [2.45, 2.75) is 30.4 Å². The van der Waals surface area contributed by atoms with Crippen LogP contribution in [0.5, 0.6) is 11.5 Å². The van der Waals surface area contributed by atoms with E-state index in [1.165, 1.54) is 16.7 Å². The van der Waals surface area contributed by atoms with Gasteiger partial charge in [-0.1, -0.05) is 12.1 Å². The van der Waals surface area contributed by atoms with Gasteiger partial charge in [0, 0.05) is 24.7 Å². The molecule has 0 unspecified atom stereocenters. The Morgan fingerprint density at radius 1 is 1.28 bits per heavy atom. The molecule has 2 bridgehead atoms. The number of hydrogen-bond acceptors (Lipinski definition) is 5. The maximum absolute atomic E-state index is 9.48. The van der Waals surface area contributed by atoms with E-state index < -0.39 is 0 Å². The Morgan fingerprint density at radius 2 is 2.16 bits per heavy atom. The van der Waals surface area contributed by atoms with Gasteiger partial charge >= 0.3 is 0 Å². The number of methoxy groups -OCH3 is 2. The van der Waals surface area contributed by atoms with Crippen molar-refractivity contribution in [1.82, 2.24) is 4.90 Å². The van der Waals surface area contributed by atoms with E-state index in [9.17, 15) is 5.11 Å². The third-order valence-corrected chi connectivity index (χ3v) is 6.39. The Kier molecular flexibility index (Phi) is 3.21. The van der Waals surface area contributed by atoms with Crippen LogP contribution in [0.15, 0.2) is 35.6 Å². The van der Waals surface area contributed by atoms with Crippen molar-refractivity contribution in [2.75, 3.05) is 33.9 Å².